The Hall–Kier alpha value is -2.58. The average molecular weight is 433 g/mol. The normalized spacial score (nSPS) is 15.1. The minimum Gasteiger partial charge on any atom is -0.493 e. The van der Waals surface area contributed by atoms with Gasteiger partial charge in [-0.3, -0.25) is 4.79 Å². The lowest BCUT2D eigenvalue weighted by atomic mass is 10.1. The number of hydrogen-bond donors (Lipinski definition) is 0. The summed E-state index contributed by atoms with van der Waals surface area (Å²) in [4.78, 5) is 14.9. The van der Waals surface area contributed by atoms with Crippen molar-refractivity contribution in [2.45, 2.75) is 25.7 Å². The summed E-state index contributed by atoms with van der Waals surface area (Å²) in [5.41, 5.74) is 2.11. The molecule has 8 heteroatoms. The summed E-state index contributed by atoms with van der Waals surface area (Å²) >= 11 is 0. The zero-order valence-electron chi connectivity index (χ0n) is 17.8. The van der Waals surface area contributed by atoms with Gasteiger partial charge in [0.15, 0.2) is 11.5 Å². The molecule has 0 atom stereocenters. The van der Waals surface area contributed by atoms with E-state index in [1.807, 2.05) is 26.0 Å². The topological polar surface area (TPSA) is 76.2 Å². The van der Waals surface area contributed by atoms with Crippen molar-refractivity contribution in [1.29, 1.82) is 0 Å². The van der Waals surface area contributed by atoms with E-state index in [9.17, 15) is 13.2 Å². The molecule has 2 aromatic rings. The van der Waals surface area contributed by atoms with E-state index in [1.165, 1.54) is 4.31 Å². The van der Waals surface area contributed by atoms with E-state index in [0.29, 0.717) is 41.7 Å². The number of carbonyl (C=O) groups is 1. The van der Waals surface area contributed by atoms with E-state index < -0.39 is 10.0 Å². The van der Waals surface area contributed by atoms with Crippen LogP contribution in [0.5, 0.6) is 11.5 Å². The van der Waals surface area contributed by atoms with Crippen LogP contribution in [-0.4, -0.2) is 63.4 Å². The first kappa shape index (κ1) is 22.1. The second-order valence-electron chi connectivity index (χ2n) is 7.26. The molecule has 162 valence electrons. The molecule has 7 nitrogen and oxygen atoms in total. The molecule has 0 spiro atoms. The Kier molecular flexibility index (Phi) is 6.67. The molecule has 0 saturated carbocycles. The molecule has 0 aromatic heterocycles. The maximum atomic E-state index is 13.1. The van der Waals surface area contributed by atoms with E-state index in [0.717, 1.165) is 11.1 Å². The fourth-order valence-electron chi connectivity index (χ4n) is 3.52. The van der Waals surface area contributed by atoms with E-state index in [1.54, 1.807) is 43.2 Å². The van der Waals surface area contributed by atoms with Crippen molar-refractivity contribution in [3.05, 3.63) is 53.1 Å². The van der Waals surface area contributed by atoms with Gasteiger partial charge in [0, 0.05) is 31.7 Å². The second-order valence-corrected chi connectivity index (χ2v) is 9.17. The number of benzene rings is 2. The van der Waals surface area contributed by atoms with Gasteiger partial charge in [-0.15, -0.1) is 0 Å². The molecule has 1 aliphatic rings. The standard InChI is InChI=1S/C22H28N2O5S/c1-5-29-20-15-18(8-9-19(20)28-4)22(25)23-10-12-24(13-11-23)30(26,27)21-14-16(2)6-7-17(21)3/h6-9,14-15H,5,10-13H2,1-4H3. The largest absolute Gasteiger partial charge is 0.493 e. The lowest BCUT2D eigenvalue weighted by Gasteiger charge is -2.34. The van der Waals surface area contributed by atoms with Crippen LogP contribution < -0.4 is 9.47 Å². The highest BCUT2D eigenvalue weighted by Crippen LogP contribution is 2.29. The van der Waals surface area contributed by atoms with Crippen molar-refractivity contribution in [2.75, 3.05) is 39.9 Å². The van der Waals surface area contributed by atoms with Gasteiger partial charge in [-0.2, -0.15) is 4.31 Å². The zero-order valence-corrected chi connectivity index (χ0v) is 18.7. The number of aryl methyl sites for hydroxylation is 2. The maximum Gasteiger partial charge on any atom is 0.254 e. The Balaban J connectivity index is 1.73. The number of hydrogen-bond acceptors (Lipinski definition) is 5. The molecule has 0 N–H and O–H groups in total. The molecular weight excluding hydrogens is 404 g/mol. The highest BCUT2D eigenvalue weighted by atomic mass is 32.2. The third kappa shape index (κ3) is 4.44. The minimum absolute atomic E-state index is 0.151. The van der Waals surface area contributed by atoms with Gasteiger partial charge in [-0.1, -0.05) is 12.1 Å². The quantitative estimate of drug-likeness (QED) is 0.702. The van der Waals surface area contributed by atoms with Gasteiger partial charge in [0.2, 0.25) is 10.0 Å². The molecule has 0 bridgehead atoms. The van der Waals surface area contributed by atoms with E-state index in [-0.39, 0.29) is 19.0 Å². The fourth-order valence-corrected chi connectivity index (χ4v) is 5.25. The summed E-state index contributed by atoms with van der Waals surface area (Å²) < 4.78 is 38.4. The Morgan fingerprint density at radius 1 is 1.00 bits per heavy atom. The number of amides is 1. The van der Waals surface area contributed by atoms with Crippen molar-refractivity contribution in [3.63, 3.8) is 0 Å². The summed E-state index contributed by atoms with van der Waals surface area (Å²) in [6.45, 7) is 7.18. The zero-order chi connectivity index (χ0) is 21.9. The van der Waals surface area contributed by atoms with Crippen LogP contribution in [0.25, 0.3) is 0 Å². The van der Waals surface area contributed by atoms with Gasteiger partial charge >= 0.3 is 0 Å². The first-order chi connectivity index (χ1) is 14.3. The van der Waals surface area contributed by atoms with Crippen LogP contribution in [0.2, 0.25) is 0 Å². The molecular formula is C22H28N2O5S. The smallest absolute Gasteiger partial charge is 0.254 e. The highest BCUT2D eigenvalue weighted by molar-refractivity contribution is 7.89. The van der Waals surface area contributed by atoms with Crippen molar-refractivity contribution < 1.29 is 22.7 Å². The highest BCUT2D eigenvalue weighted by Gasteiger charge is 2.31. The predicted octanol–water partition coefficient (Wildman–Crippen LogP) is 2.86. The molecule has 1 heterocycles. The van der Waals surface area contributed by atoms with Gasteiger partial charge in [0.25, 0.3) is 5.91 Å². The Labute approximate surface area is 178 Å². The molecule has 1 fully saturated rings. The summed E-state index contributed by atoms with van der Waals surface area (Å²) in [5, 5.41) is 0. The van der Waals surface area contributed by atoms with Crippen LogP contribution in [0, 0.1) is 13.8 Å². The summed E-state index contributed by atoms with van der Waals surface area (Å²) in [6.07, 6.45) is 0. The number of sulfonamides is 1. The lowest BCUT2D eigenvalue weighted by Crippen LogP contribution is -2.50. The number of rotatable bonds is 6. The summed E-state index contributed by atoms with van der Waals surface area (Å²) in [6, 6.07) is 10.5. The molecule has 1 amide bonds. The van der Waals surface area contributed by atoms with Crippen LogP contribution in [0.3, 0.4) is 0 Å². The maximum absolute atomic E-state index is 13.1. The molecule has 2 aromatic carbocycles. The van der Waals surface area contributed by atoms with Crippen molar-refractivity contribution in [3.8, 4) is 11.5 Å². The van der Waals surface area contributed by atoms with Gasteiger partial charge in [0.1, 0.15) is 0 Å². The molecule has 0 unspecified atom stereocenters. The van der Waals surface area contributed by atoms with Crippen LogP contribution in [0.4, 0.5) is 0 Å². The number of carbonyl (C=O) groups excluding carboxylic acids is 1. The van der Waals surface area contributed by atoms with Gasteiger partial charge in [-0.25, -0.2) is 8.42 Å². The third-order valence-electron chi connectivity index (χ3n) is 5.20. The Morgan fingerprint density at radius 2 is 1.70 bits per heavy atom. The molecule has 0 radical (unpaired) electrons. The van der Waals surface area contributed by atoms with Crippen molar-refractivity contribution in [2.24, 2.45) is 0 Å². The van der Waals surface area contributed by atoms with Gasteiger partial charge in [0.05, 0.1) is 18.6 Å². The predicted molar refractivity (Wildman–Crippen MR) is 115 cm³/mol. The Morgan fingerprint density at radius 3 is 2.33 bits per heavy atom. The molecule has 3 rings (SSSR count). The van der Waals surface area contributed by atoms with Gasteiger partial charge in [-0.05, 0) is 56.2 Å². The van der Waals surface area contributed by atoms with E-state index >= 15 is 0 Å². The number of nitrogens with zero attached hydrogens (tertiary/aromatic N) is 2. The third-order valence-corrected chi connectivity index (χ3v) is 7.24. The fraction of sp³-hybridized carbons (Fsp3) is 0.409. The minimum atomic E-state index is -3.59. The molecule has 1 saturated heterocycles. The monoisotopic (exact) mass is 432 g/mol. The van der Waals surface area contributed by atoms with Crippen molar-refractivity contribution in [1.82, 2.24) is 9.21 Å². The summed E-state index contributed by atoms with van der Waals surface area (Å²) in [5.74, 6) is 0.933. The van der Waals surface area contributed by atoms with Crippen LogP contribution in [0.1, 0.15) is 28.4 Å². The van der Waals surface area contributed by atoms with Crippen LogP contribution in [0.15, 0.2) is 41.3 Å². The number of methoxy groups -OCH3 is 1. The SMILES string of the molecule is CCOc1cc(C(=O)N2CCN(S(=O)(=O)c3cc(C)ccc3C)CC2)ccc1OC. The number of piperazine rings is 1. The second kappa shape index (κ2) is 9.06. The number of ether oxygens (including phenoxy) is 2. The molecule has 30 heavy (non-hydrogen) atoms. The van der Waals surface area contributed by atoms with Gasteiger partial charge < -0.3 is 14.4 Å². The first-order valence-corrected chi connectivity index (χ1v) is 11.4. The van der Waals surface area contributed by atoms with Crippen LogP contribution in [-0.2, 0) is 10.0 Å². The lowest BCUT2D eigenvalue weighted by molar-refractivity contribution is 0.0697. The van der Waals surface area contributed by atoms with Crippen LogP contribution >= 0.6 is 0 Å². The Bertz CT molecular complexity index is 1030. The first-order valence-electron chi connectivity index (χ1n) is 9.95. The average Bonchev–Trinajstić information content (AvgIpc) is 2.75. The van der Waals surface area contributed by atoms with E-state index in [2.05, 4.69) is 0 Å². The molecule has 1 aliphatic heterocycles. The van der Waals surface area contributed by atoms with E-state index in [4.69, 9.17) is 9.47 Å². The summed E-state index contributed by atoms with van der Waals surface area (Å²) in [7, 11) is -2.04. The molecule has 0 aliphatic carbocycles. The van der Waals surface area contributed by atoms with Crippen molar-refractivity contribution >= 4 is 15.9 Å².